The van der Waals surface area contributed by atoms with E-state index in [0.717, 1.165) is 24.4 Å². The number of aromatic nitrogens is 4. The molecule has 2 heterocycles. The van der Waals surface area contributed by atoms with Crippen LogP contribution >= 0.6 is 11.8 Å². The van der Waals surface area contributed by atoms with Gasteiger partial charge in [-0.3, -0.25) is 4.79 Å². The van der Waals surface area contributed by atoms with Gasteiger partial charge in [-0.05, 0) is 38.8 Å². The summed E-state index contributed by atoms with van der Waals surface area (Å²) in [6.45, 7) is 3.60. The maximum Gasteiger partial charge on any atom is 0.238 e. The predicted octanol–water partition coefficient (Wildman–Crippen LogP) is 3.56. The summed E-state index contributed by atoms with van der Waals surface area (Å²) in [4.78, 5) is 17.0. The molecular formula is C18H19N5O2S. The van der Waals surface area contributed by atoms with Crippen LogP contribution in [0.1, 0.15) is 37.3 Å². The third-order valence-electron chi connectivity index (χ3n) is 4.09. The first-order valence-corrected chi connectivity index (χ1v) is 9.41. The number of hydrogen-bond donors (Lipinski definition) is 1. The van der Waals surface area contributed by atoms with E-state index in [-0.39, 0.29) is 11.2 Å². The molecular weight excluding hydrogens is 350 g/mol. The van der Waals surface area contributed by atoms with Crippen molar-refractivity contribution in [3.63, 3.8) is 0 Å². The lowest BCUT2D eigenvalue weighted by Gasteiger charge is -2.07. The number of carbonyl (C=O) groups excluding carboxylic acids is 1. The molecule has 1 aliphatic carbocycles. The summed E-state index contributed by atoms with van der Waals surface area (Å²) in [5, 5.41) is 11.4. The topological polar surface area (TPSA) is 85.8 Å². The lowest BCUT2D eigenvalue weighted by molar-refractivity contribution is -0.115. The Kier molecular flexibility index (Phi) is 4.50. The number of benzene rings is 1. The van der Waals surface area contributed by atoms with E-state index >= 15 is 0 Å². The van der Waals surface area contributed by atoms with Crippen molar-refractivity contribution in [3.05, 3.63) is 48.0 Å². The molecule has 0 saturated heterocycles. The fraction of sp³-hybridized carbons (Fsp3) is 0.333. The number of nitrogens with one attached hydrogen (secondary N) is 1. The molecule has 2 aromatic heterocycles. The van der Waals surface area contributed by atoms with Gasteiger partial charge in [0, 0.05) is 12.0 Å². The second-order valence-electron chi connectivity index (χ2n) is 6.35. The highest BCUT2D eigenvalue weighted by molar-refractivity contribution is 8.00. The van der Waals surface area contributed by atoms with E-state index in [1.165, 1.54) is 11.8 Å². The summed E-state index contributed by atoms with van der Waals surface area (Å²) >= 11 is 1.34. The second-order valence-corrected chi connectivity index (χ2v) is 7.65. The van der Waals surface area contributed by atoms with Crippen molar-refractivity contribution in [1.29, 1.82) is 0 Å². The number of anilines is 1. The van der Waals surface area contributed by atoms with Crippen LogP contribution in [-0.2, 0) is 4.79 Å². The molecule has 1 fully saturated rings. The number of para-hydroxylation sites is 1. The molecule has 7 nitrogen and oxygen atoms in total. The quantitative estimate of drug-likeness (QED) is 0.669. The van der Waals surface area contributed by atoms with E-state index in [9.17, 15) is 4.79 Å². The standard InChI is InChI=1S/C18H19N5O2S/c1-11-10-15(22-25-11)19-17(24)12(2)26-18-20-16(13-8-9-13)23(21-18)14-6-4-3-5-7-14/h3-7,10,12-13H,8-9H2,1-2H3,(H,19,22,24). The molecule has 1 atom stereocenters. The average molecular weight is 369 g/mol. The van der Waals surface area contributed by atoms with Crippen LogP contribution in [0.2, 0.25) is 0 Å². The largest absolute Gasteiger partial charge is 0.360 e. The summed E-state index contributed by atoms with van der Waals surface area (Å²) in [5.74, 6) is 2.34. The van der Waals surface area contributed by atoms with E-state index in [1.807, 2.05) is 41.9 Å². The smallest absolute Gasteiger partial charge is 0.238 e. The van der Waals surface area contributed by atoms with Gasteiger partial charge in [-0.2, -0.15) is 0 Å². The van der Waals surface area contributed by atoms with Gasteiger partial charge in [0.1, 0.15) is 11.6 Å². The van der Waals surface area contributed by atoms with Crippen LogP contribution in [0.5, 0.6) is 0 Å². The lowest BCUT2D eigenvalue weighted by Crippen LogP contribution is -2.22. The van der Waals surface area contributed by atoms with Crippen LogP contribution in [0.4, 0.5) is 5.82 Å². The van der Waals surface area contributed by atoms with Crippen molar-refractivity contribution in [2.24, 2.45) is 0 Å². The summed E-state index contributed by atoms with van der Waals surface area (Å²) < 4.78 is 6.86. The zero-order chi connectivity index (χ0) is 18.1. The third kappa shape index (κ3) is 3.65. The van der Waals surface area contributed by atoms with Gasteiger partial charge in [0.2, 0.25) is 11.1 Å². The Labute approximate surface area is 155 Å². The Morgan fingerprint density at radius 3 is 2.77 bits per heavy atom. The number of nitrogens with zero attached hydrogens (tertiary/aromatic N) is 4. The van der Waals surface area contributed by atoms with Gasteiger partial charge < -0.3 is 9.84 Å². The van der Waals surface area contributed by atoms with Gasteiger partial charge in [0.15, 0.2) is 5.82 Å². The second kappa shape index (κ2) is 6.95. The molecule has 1 saturated carbocycles. The Morgan fingerprint density at radius 1 is 1.35 bits per heavy atom. The molecule has 1 N–H and O–H groups in total. The number of thioether (sulfide) groups is 1. The molecule has 3 aromatic rings. The zero-order valence-electron chi connectivity index (χ0n) is 14.5. The minimum atomic E-state index is -0.356. The Bertz CT molecular complexity index is 917. The predicted molar refractivity (Wildman–Crippen MR) is 98.5 cm³/mol. The fourth-order valence-electron chi connectivity index (χ4n) is 2.58. The molecule has 1 aliphatic rings. The molecule has 1 amide bonds. The van der Waals surface area contributed by atoms with Crippen molar-refractivity contribution >= 4 is 23.5 Å². The maximum atomic E-state index is 12.4. The highest BCUT2D eigenvalue weighted by Gasteiger charge is 2.31. The molecule has 4 rings (SSSR count). The fourth-order valence-corrected chi connectivity index (χ4v) is 3.34. The van der Waals surface area contributed by atoms with E-state index in [1.54, 1.807) is 13.0 Å². The first-order chi connectivity index (χ1) is 12.6. The Hall–Kier alpha value is -2.61. The monoisotopic (exact) mass is 369 g/mol. The van der Waals surface area contributed by atoms with E-state index in [2.05, 4.69) is 20.6 Å². The van der Waals surface area contributed by atoms with Gasteiger partial charge in [0.05, 0.1) is 10.9 Å². The van der Waals surface area contributed by atoms with Crippen LogP contribution in [-0.4, -0.2) is 31.1 Å². The summed E-state index contributed by atoms with van der Waals surface area (Å²) in [5.41, 5.74) is 0.990. The summed E-state index contributed by atoms with van der Waals surface area (Å²) in [6.07, 6.45) is 2.27. The Balaban J connectivity index is 1.50. The molecule has 0 bridgehead atoms. The van der Waals surface area contributed by atoms with Crippen molar-refractivity contribution in [3.8, 4) is 5.69 Å². The molecule has 134 valence electrons. The molecule has 0 aliphatic heterocycles. The minimum absolute atomic E-state index is 0.160. The number of hydrogen-bond acceptors (Lipinski definition) is 6. The summed E-state index contributed by atoms with van der Waals surface area (Å²) in [6, 6.07) is 11.6. The van der Waals surface area contributed by atoms with Gasteiger partial charge >= 0.3 is 0 Å². The minimum Gasteiger partial charge on any atom is -0.360 e. The summed E-state index contributed by atoms with van der Waals surface area (Å²) in [7, 11) is 0. The highest BCUT2D eigenvalue weighted by Crippen LogP contribution is 2.40. The first-order valence-electron chi connectivity index (χ1n) is 8.53. The van der Waals surface area contributed by atoms with Crippen LogP contribution in [0.25, 0.3) is 5.69 Å². The van der Waals surface area contributed by atoms with Crippen LogP contribution in [0, 0.1) is 6.92 Å². The normalized spacial score (nSPS) is 15.0. The molecule has 8 heteroatoms. The lowest BCUT2D eigenvalue weighted by atomic mass is 10.3. The highest BCUT2D eigenvalue weighted by atomic mass is 32.2. The molecule has 1 aromatic carbocycles. The zero-order valence-corrected chi connectivity index (χ0v) is 15.4. The maximum absolute atomic E-state index is 12.4. The SMILES string of the molecule is Cc1cc(NC(=O)C(C)Sc2nc(C3CC3)n(-c3ccccc3)n2)no1. The average Bonchev–Trinajstić information content (AvgIpc) is 3.28. The van der Waals surface area contributed by atoms with Crippen molar-refractivity contribution in [1.82, 2.24) is 19.9 Å². The van der Waals surface area contributed by atoms with E-state index in [0.29, 0.717) is 22.7 Å². The number of amides is 1. The molecule has 0 spiro atoms. The van der Waals surface area contributed by atoms with Crippen molar-refractivity contribution in [2.45, 2.75) is 43.0 Å². The van der Waals surface area contributed by atoms with Gasteiger partial charge in [-0.25, -0.2) is 9.67 Å². The Morgan fingerprint density at radius 2 is 2.12 bits per heavy atom. The third-order valence-corrected chi connectivity index (χ3v) is 5.04. The van der Waals surface area contributed by atoms with Gasteiger partial charge in [-0.1, -0.05) is 35.1 Å². The number of aryl methyl sites for hydroxylation is 1. The van der Waals surface area contributed by atoms with Crippen molar-refractivity contribution < 1.29 is 9.32 Å². The van der Waals surface area contributed by atoms with E-state index in [4.69, 9.17) is 4.52 Å². The van der Waals surface area contributed by atoms with Crippen LogP contribution in [0.3, 0.4) is 0 Å². The number of carbonyl (C=O) groups is 1. The van der Waals surface area contributed by atoms with Gasteiger partial charge in [-0.15, -0.1) is 5.10 Å². The first kappa shape index (κ1) is 16.8. The van der Waals surface area contributed by atoms with Crippen LogP contribution in [0.15, 0.2) is 46.1 Å². The van der Waals surface area contributed by atoms with Crippen LogP contribution < -0.4 is 5.32 Å². The van der Waals surface area contributed by atoms with Crippen molar-refractivity contribution in [2.75, 3.05) is 5.32 Å². The number of rotatable bonds is 6. The molecule has 26 heavy (non-hydrogen) atoms. The van der Waals surface area contributed by atoms with Gasteiger partial charge in [0.25, 0.3) is 0 Å². The van der Waals surface area contributed by atoms with E-state index < -0.39 is 0 Å². The molecule has 1 unspecified atom stereocenters. The molecule has 0 radical (unpaired) electrons.